The first-order chi connectivity index (χ1) is 12.5. The lowest BCUT2D eigenvalue weighted by atomic mass is 10.2. The summed E-state index contributed by atoms with van der Waals surface area (Å²) in [4.78, 5) is 27.4. The van der Waals surface area contributed by atoms with Crippen molar-refractivity contribution in [1.29, 1.82) is 0 Å². The SMILES string of the molecule is COc1ccc(CN(C)C(=O)C[C@H]2Sc3ccc(Cl)cc3NC2=O)cc1. The number of carbonyl (C=O) groups is 2. The van der Waals surface area contributed by atoms with Gasteiger partial charge in [0, 0.05) is 29.9 Å². The Morgan fingerprint density at radius 2 is 2.00 bits per heavy atom. The molecular formula is C19H19ClN2O3S. The maximum Gasteiger partial charge on any atom is 0.238 e. The zero-order valence-corrected chi connectivity index (χ0v) is 16.1. The Bertz CT molecular complexity index is 826. The van der Waals surface area contributed by atoms with Crippen molar-refractivity contribution in [2.45, 2.75) is 23.1 Å². The van der Waals surface area contributed by atoms with Crippen LogP contribution < -0.4 is 10.1 Å². The average Bonchev–Trinajstić information content (AvgIpc) is 2.63. The van der Waals surface area contributed by atoms with Crippen LogP contribution in [0.25, 0.3) is 0 Å². The number of anilines is 1. The lowest BCUT2D eigenvalue weighted by molar-refractivity contribution is -0.131. The zero-order valence-electron chi connectivity index (χ0n) is 14.5. The second-order valence-corrected chi connectivity index (χ2v) is 7.72. The summed E-state index contributed by atoms with van der Waals surface area (Å²) >= 11 is 7.35. The molecule has 0 saturated heterocycles. The Hall–Kier alpha value is -2.18. The van der Waals surface area contributed by atoms with Crippen LogP contribution in [0.4, 0.5) is 5.69 Å². The van der Waals surface area contributed by atoms with Crippen LogP contribution in [-0.2, 0) is 16.1 Å². The molecule has 0 aromatic heterocycles. The van der Waals surface area contributed by atoms with Gasteiger partial charge >= 0.3 is 0 Å². The van der Waals surface area contributed by atoms with Gasteiger partial charge in [-0.1, -0.05) is 23.7 Å². The first kappa shape index (κ1) is 18.6. The second-order valence-electron chi connectivity index (χ2n) is 6.04. The van der Waals surface area contributed by atoms with Crippen molar-refractivity contribution >= 4 is 40.9 Å². The number of rotatable bonds is 5. The molecule has 0 spiro atoms. The molecule has 2 amide bonds. The van der Waals surface area contributed by atoms with E-state index in [-0.39, 0.29) is 18.2 Å². The molecule has 5 nitrogen and oxygen atoms in total. The zero-order chi connectivity index (χ0) is 18.7. The van der Waals surface area contributed by atoms with E-state index >= 15 is 0 Å². The normalized spacial score (nSPS) is 15.8. The van der Waals surface area contributed by atoms with Crippen LogP contribution in [0.1, 0.15) is 12.0 Å². The number of thioether (sulfide) groups is 1. The highest BCUT2D eigenvalue weighted by atomic mass is 35.5. The van der Waals surface area contributed by atoms with E-state index in [0.29, 0.717) is 17.3 Å². The fraction of sp³-hybridized carbons (Fsp3) is 0.263. The third kappa shape index (κ3) is 4.31. The molecule has 0 bridgehead atoms. The maximum absolute atomic E-state index is 12.5. The standard InChI is InChI=1S/C19H19ClN2O3S/c1-22(11-12-3-6-14(25-2)7-4-12)18(23)10-17-19(24)21-15-9-13(20)5-8-16(15)26-17/h3-9,17H,10-11H2,1-2H3,(H,21,24)/t17-/m1/s1. The first-order valence-corrected chi connectivity index (χ1v) is 9.36. The minimum Gasteiger partial charge on any atom is -0.497 e. The summed E-state index contributed by atoms with van der Waals surface area (Å²) in [6, 6.07) is 12.9. The number of halogens is 1. The Morgan fingerprint density at radius 3 is 2.69 bits per heavy atom. The highest BCUT2D eigenvalue weighted by molar-refractivity contribution is 8.01. The summed E-state index contributed by atoms with van der Waals surface area (Å²) in [5.41, 5.74) is 1.70. The summed E-state index contributed by atoms with van der Waals surface area (Å²) in [7, 11) is 3.36. The molecule has 0 saturated carbocycles. The molecule has 1 aliphatic heterocycles. The minimum atomic E-state index is -0.450. The highest BCUT2D eigenvalue weighted by Crippen LogP contribution is 2.38. The molecule has 26 heavy (non-hydrogen) atoms. The van der Waals surface area contributed by atoms with Crippen molar-refractivity contribution < 1.29 is 14.3 Å². The van der Waals surface area contributed by atoms with E-state index < -0.39 is 5.25 Å². The van der Waals surface area contributed by atoms with E-state index in [9.17, 15) is 9.59 Å². The summed E-state index contributed by atoms with van der Waals surface area (Å²) in [5, 5.41) is 2.95. The summed E-state index contributed by atoms with van der Waals surface area (Å²) in [6.45, 7) is 0.480. The number of nitrogens with one attached hydrogen (secondary N) is 1. The van der Waals surface area contributed by atoms with Crippen LogP contribution in [0.15, 0.2) is 47.4 Å². The number of ether oxygens (including phenoxy) is 1. The quantitative estimate of drug-likeness (QED) is 0.843. The number of benzene rings is 2. The van der Waals surface area contributed by atoms with Gasteiger partial charge in [-0.25, -0.2) is 0 Å². The van der Waals surface area contributed by atoms with Gasteiger partial charge in [0.15, 0.2) is 0 Å². The maximum atomic E-state index is 12.5. The molecule has 1 atom stereocenters. The van der Waals surface area contributed by atoms with Gasteiger partial charge in [0.05, 0.1) is 18.0 Å². The molecular weight excluding hydrogens is 372 g/mol. The van der Waals surface area contributed by atoms with Gasteiger partial charge in [-0.15, -0.1) is 11.8 Å². The van der Waals surface area contributed by atoms with Crippen LogP contribution in [0, 0.1) is 0 Å². The molecule has 0 fully saturated rings. The number of fused-ring (bicyclic) bond motifs is 1. The monoisotopic (exact) mass is 390 g/mol. The van der Waals surface area contributed by atoms with Crippen LogP contribution >= 0.6 is 23.4 Å². The number of nitrogens with zero attached hydrogens (tertiary/aromatic N) is 1. The third-order valence-electron chi connectivity index (χ3n) is 4.13. The van der Waals surface area contributed by atoms with Crippen molar-refractivity contribution in [2.75, 3.05) is 19.5 Å². The van der Waals surface area contributed by atoms with Gasteiger partial charge in [0.1, 0.15) is 5.75 Å². The van der Waals surface area contributed by atoms with Crippen LogP contribution in [0.2, 0.25) is 5.02 Å². The topological polar surface area (TPSA) is 58.6 Å². The molecule has 2 aromatic rings. The van der Waals surface area contributed by atoms with Gasteiger partial charge in [-0.3, -0.25) is 9.59 Å². The molecule has 0 aliphatic carbocycles. The largest absolute Gasteiger partial charge is 0.497 e. The molecule has 0 unspecified atom stereocenters. The van der Waals surface area contributed by atoms with E-state index in [1.54, 1.807) is 31.2 Å². The summed E-state index contributed by atoms with van der Waals surface area (Å²) in [6.07, 6.45) is 0.144. The van der Waals surface area contributed by atoms with Crippen LogP contribution in [-0.4, -0.2) is 36.1 Å². The van der Waals surface area contributed by atoms with E-state index in [1.807, 2.05) is 30.3 Å². The van der Waals surface area contributed by atoms with Crippen molar-refractivity contribution in [3.8, 4) is 5.75 Å². The smallest absolute Gasteiger partial charge is 0.238 e. The molecule has 136 valence electrons. The van der Waals surface area contributed by atoms with Gasteiger partial charge < -0.3 is 15.0 Å². The van der Waals surface area contributed by atoms with E-state index in [2.05, 4.69) is 5.32 Å². The third-order valence-corrected chi connectivity index (χ3v) is 5.64. The number of carbonyl (C=O) groups excluding carboxylic acids is 2. The fourth-order valence-electron chi connectivity index (χ4n) is 2.66. The molecule has 3 rings (SSSR count). The predicted octanol–water partition coefficient (Wildman–Crippen LogP) is 3.81. The van der Waals surface area contributed by atoms with Gasteiger partial charge in [0.25, 0.3) is 0 Å². The molecule has 1 aliphatic rings. The van der Waals surface area contributed by atoms with Gasteiger partial charge in [0.2, 0.25) is 11.8 Å². The number of hydrogen-bond donors (Lipinski definition) is 1. The predicted molar refractivity (Wildman–Crippen MR) is 104 cm³/mol. The van der Waals surface area contributed by atoms with Crippen molar-refractivity contribution in [1.82, 2.24) is 4.90 Å². The van der Waals surface area contributed by atoms with Crippen molar-refractivity contribution in [3.05, 3.63) is 53.1 Å². The minimum absolute atomic E-state index is 0.0779. The Kier molecular flexibility index (Phi) is 5.74. The van der Waals surface area contributed by atoms with Crippen molar-refractivity contribution in [3.63, 3.8) is 0 Å². The lowest BCUT2D eigenvalue weighted by Crippen LogP contribution is -2.35. The molecule has 2 aromatic carbocycles. The Morgan fingerprint density at radius 1 is 1.27 bits per heavy atom. The van der Waals surface area contributed by atoms with Gasteiger partial charge in [-0.05, 0) is 35.9 Å². The molecule has 1 heterocycles. The van der Waals surface area contributed by atoms with Gasteiger partial charge in [-0.2, -0.15) is 0 Å². The van der Waals surface area contributed by atoms with E-state index in [4.69, 9.17) is 16.3 Å². The summed E-state index contributed by atoms with van der Waals surface area (Å²) < 4.78 is 5.13. The summed E-state index contributed by atoms with van der Waals surface area (Å²) in [5.74, 6) is 0.527. The highest BCUT2D eigenvalue weighted by Gasteiger charge is 2.30. The molecule has 0 radical (unpaired) electrons. The van der Waals surface area contributed by atoms with E-state index in [0.717, 1.165) is 16.2 Å². The first-order valence-electron chi connectivity index (χ1n) is 8.10. The fourth-order valence-corrected chi connectivity index (χ4v) is 3.92. The Balaban J connectivity index is 1.61. The van der Waals surface area contributed by atoms with Crippen LogP contribution in [0.3, 0.4) is 0 Å². The van der Waals surface area contributed by atoms with Crippen molar-refractivity contribution in [2.24, 2.45) is 0 Å². The Labute approximate surface area is 161 Å². The number of amides is 2. The van der Waals surface area contributed by atoms with E-state index in [1.165, 1.54) is 11.8 Å². The lowest BCUT2D eigenvalue weighted by Gasteiger charge is -2.25. The number of methoxy groups -OCH3 is 1. The molecule has 7 heteroatoms. The van der Waals surface area contributed by atoms with Crippen LogP contribution in [0.5, 0.6) is 5.75 Å². The molecule has 1 N–H and O–H groups in total. The second kappa shape index (κ2) is 8.01. The average molecular weight is 391 g/mol. The number of hydrogen-bond acceptors (Lipinski definition) is 4.